The van der Waals surface area contributed by atoms with Gasteiger partial charge in [-0.3, -0.25) is 9.00 Å². The Morgan fingerprint density at radius 1 is 1.18 bits per heavy atom. The number of hydrogen-bond donors (Lipinski definition) is 1. The summed E-state index contributed by atoms with van der Waals surface area (Å²) in [4.78, 5) is 12.9. The average molecular weight is 380 g/mol. The first-order chi connectivity index (χ1) is 10.5. The lowest BCUT2D eigenvalue weighted by molar-refractivity contribution is -0.120. The molecule has 0 bridgehead atoms. The van der Waals surface area contributed by atoms with Crippen molar-refractivity contribution >= 4 is 32.6 Å². The zero-order valence-corrected chi connectivity index (χ0v) is 14.9. The van der Waals surface area contributed by atoms with Gasteiger partial charge in [-0.05, 0) is 37.6 Å². The molecule has 0 aliphatic carbocycles. The van der Waals surface area contributed by atoms with E-state index in [9.17, 15) is 9.00 Å². The maximum absolute atomic E-state index is 12.4. The van der Waals surface area contributed by atoms with Gasteiger partial charge in [0.05, 0.1) is 10.8 Å². The fraction of sp³-hybridized carbons (Fsp3) is 0.235. The molecular formula is C17H18BrNO2S. The molecule has 0 saturated carbocycles. The van der Waals surface area contributed by atoms with Crippen LogP contribution in [0.25, 0.3) is 0 Å². The first-order valence-corrected chi connectivity index (χ1v) is 8.98. The van der Waals surface area contributed by atoms with Gasteiger partial charge in [0.25, 0.3) is 0 Å². The lowest BCUT2D eigenvalue weighted by Crippen LogP contribution is -2.35. The van der Waals surface area contributed by atoms with Gasteiger partial charge in [-0.2, -0.15) is 0 Å². The van der Waals surface area contributed by atoms with Crippen LogP contribution in [-0.4, -0.2) is 15.4 Å². The van der Waals surface area contributed by atoms with Gasteiger partial charge >= 0.3 is 0 Å². The van der Waals surface area contributed by atoms with Gasteiger partial charge in [0.2, 0.25) is 5.91 Å². The molecule has 3 nitrogen and oxygen atoms in total. The second-order valence-corrected chi connectivity index (χ2v) is 7.69. The van der Waals surface area contributed by atoms with Gasteiger partial charge in [-0.15, -0.1) is 0 Å². The summed E-state index contributed by atoms with van der Waals surface area (Å²) in [5.41, 5.74) is 2.09. The fourth-order valence-electron chi connectivity index (χ4n) is 1.94. The van der Waals surface area contributed by atoms with E-state index in [4.69, 9.17) is 0 Å². The second kappa shape index (κ2) is 7.70. The Morgan fingerprint density at radius 2 is 1.82 bits per heavy atom. The zero-order valence-electron chi connectivity index (χ0n) is 12.5. The van der Waals surface area contributed by atoms with Gasteiger partial charge in [0.15, 0.2) is 0 Å². The minimum absolute atomic E-state index is 0.213. The largest absolute Gasteiger partial charge is 0.351 e. The number of benzene rings is 2. The van der Waals surface area contributed by atoms with Crippen LogP contribution in [0.4, 0.5) is 0 Å². The molecule has 22 heavy (non-hydrogen) atoms. The molecule has 0 heterocycles. The standard InChI is InChI=1S/C17H18BrNO2S/c1-12-7-9-15(10-8-12)22(21)13(2)17(20)19-11-14-5-3-4-6-16(14)18/h3-10,13H,11H2,1-2H3,(H,19,20)/t13-,22?/m0/s1. The minimum Gasteiger partial charge on any atom is -0.351 e. The van der Waals surface area contributed by atoms with Gasteiger partial charge in [0.1, 0.15) is 5.25 Å². The van der Waals surface area contributed by atoms with Crippen LogP contribution in [0.15, 0.2) is 57.9 Å². The Labute approximate surface area is 141 Å². The number of aryl methyl sites for hydroxylation is 1. The van der Waals surface area contributed by atoms with Crippen LogP contribution in [0.3, 0.4) is 0 Å². The SMILES string of the molecule is Cc1ccc(S(=O)[C@@H](C)C(=O)NCc2ccccc2Br)cc1. The molecule has 0 aliphatic heterocycles. The molecular weight excluding hydrogens is 362 g/mol. The first kappa shape index (κ1) is 16.9. The summed E-state index contributed by atoms with van der Waals surface area (Å²) >= 11 is 3.44. The lowest BCUT2D eigenvalue weighted by Gasteiger charge is -2.13. The topological polar surface area (TPSA) is 46.2 Å². The van der Waals surface area contributed by atoms with Crippen molar-refractivity contribution < 1.29 is 9.00 Å². The van der Waals surface area contributed by atoms with Crippen LogP contribution < -0.4 is 5.32 Å². The van der Waals surface area contributed by atoms with E-state index in [1.165, 1.54) is 0 Å². The highest BCUT2D eigenvalue weighted by molar-refractivity contribution is 9.10. The van der Waals surface area contributed by atoms with Crippen molar-refractivity contribution in [3.05, 3.63) is 64.1 Å². The summed E-state index contributed by atoms with van der Waals surface area (Å²) in [6.07, 6.45) is 0. The van der Waals surface area contributed by atoms with E-state index in [0.29, 0.717) is 11.4 Å². The normalized spacial score (nSPS) is 13.4. The third-order valence-electron chi connectivity index (χ3n) is 3.35. The summed E-state index contributed by atoms with van der Waals surface area (Å²) in [7, 11) is -1.35. The molecule has 0 fully saturated rings. The molecule has 0 aliphatic rings. The molecule has 5 heteroatoms. The maximum Gasteiger partial charge on any atom is 0.236 e. The molecule has 1 N–H and O–H groups in total. The molecule has 1 unspecified atom stereocenters. The third-order valence-corrected chi connectivity index (χ3v) is 5.72. The summed E-state index contributed by atoms with van der Waals surface area (Å²) in [6.45, 7) is 4.07. The van der Waals surface area contributed by atoms with Crippen LogP contribution >= 0.6 is 15.9 Å². The van der Waals surface area contributed by atoms with Gasteiger partial charge in [-0.25, -0.2) is 0 Å². The van der Waals surface area contributed by atoms with Crippen molar-refractivity contribution in [2.45, 2.75) is 30.5 Å². The zero-order chi connectivity index (χ0) is 16.1. The molecule has 2 aromatic carbocycles. The maximum atomic E-state index is 12.4. The molecule has 0 radical (unpaired) electrons. The molecule has 2 rings (SSSR count). The van der Waals surface area contributed by atoms with Crippen LogP contribution in [0.2, 0.25) is 0 Å². The van der Waals surface area contributed by atoms with Crippen LogP contribution in [0.5, 0.6) is 0 Å². The van der Waals surface area contributed by atoms with Crippen molar-refractivity contribution in [3.8, 4) is 0 Å². The number of carbonyl (C=O) groups excluding carboxylic acids is 1. The van der Waals surface area contributed by atoms with Gasteiger partial charge < -0.3 is 5.32 Å². The number of nitrogens with one attached hydrogen (secondary N) is 1. The van der Waals surface area contributed by atoms with Gasteiger partial charge in [-0.1, -0.05) is 51.8 Å². The Morgan fingerprint density at radius 3 is 2.45 bits per heavy atom. The smallest absolute Gasteiger partial charge is 0.236 e. The van der Waals surface area contributed by atoms with Crippen LogP contribution in [-0.2, 0) is 22.1 Å². The van der Waals surface area contributed by atoms with E-state index in [1.54, 1.807) is 6.92 Å². The number of hydrogen-bond acceptors (Lipinski definition) is 2. The molecule has 1 amide bonds. The fourth-order valence-corrected chi connectivity index (χ4v) is 3.46. The van der Waals surface area contributed by atoms with Crippen molar-refractivity contribution in [2.75, 3.05) is 0 Å². The summed E-state index contributed by atoms with van der Waals surface area (Å²) in [5, 5.41) is 2.25. The van der Waals surface area contributed by atoms with Crippen molar-refractivity contribution in [1.82, 2.24) is 5.32 Å². The molecule has 116 valence electrons. The van der Waals surface area contributed by atoms with Crippen molar-refractivity contribution in [1.29, 1.82) is 0 Å². The molecule has 0 saturated heterocycles. The minimum atomic E-state index is -1.35. The van der Waals surface area contributed by atoms with E-state index in [-0.39, 0.29) is 5.91 Å². The monoisotopic (exact) mass is 379 g/mol. The predicted octanol–water partition coefficient (Wildman–Crippen LogP) is 3.57. The van der Waals surface area contributed by atoms with Crippen LogP contribution in [0.1, 0.15) is 18.1 Å². The van der Waals surface area contributed by atoms with E-state index < -0.39 is 16.0 Å². The highest BCUT2D eigenvalue weighted by Gasteiger charge is 2.21. The Balaban J connectivity index is 1.98. The first-order valence-electron chi connectivity index (χ1n) is 6.97. The molecule has 2 aromatic rings. The predicted molar refractivity (Wildman–Crippen MR) is 93.0 cm³/mol. The highest BCUT2D eigenvalue weighted by atomic mass is 79.9. The summed E-state index contributed by atoms with van der Waals surface area (Å²) < 4.78 is 13.4. The highest BCUT2D eigenvalue weighted by Crippen LogP contribution is 2.16. The molecule has 0 aromatic heterocycles. The second-order valence-electron chi connectivity index (χ2n) is 5.06. The average Bonchev–Trinajstić information content (AvgIpc) is 2.53. The lowest BCUT2D eigenvalue weighted by atomic mass is 10.2. The summed E-state index contributed by atoms with van der Waals surface area (Å²) in [5.74, 6) is -0.213. The van der Waals surface area contributed by atoms with Crippen molar-refractivity contribution in [2.24, 2.45) is 0 Å². The van der Waals surface area contributed by atoms with Crippen molar-refractivity contribution in [3.63, 3.8) is 0 Å². The van der Waals surface area contributed by atoms with E-state index in [1.807, 2.05) is 55.5 Å². The number of amides is 1. The van der Waals surface area contributed by atoms with E-state index >= 15 is 0 Å². The number of halogens is 1. The third kappa shape index (κ3) is 4.27. The number of carbonyl (C=O) groups is 1. The van der Waals surface area contributed by atoms with Gasteiger partial charge in [0, 0.05) is 15.9 Å². The number of rotatable bonds is 5. The summed E-state index contributed by atoms with van der Waals surface area (Å²) in [6, 6.07) is 15.1. The molecule has 2 atom stereocenters. The Hall–Kier alpha value is -1.46. The quantitative estimate of drug-likeness (QED) is 0.862. The van der Waals surface area contributed by atoms with E-state index in [0.717, 1.165) is 15.6 Å². The van der Waals surface area contributed by atoms with Crippen LogP contribution in [0, 0.1) is 6.92 Å². The molecule has 0 spiro atoms. The Bertz CT molecular complexity index is 685. The van der Waals surface area contributed by atoms with E-state index in [2.05, 4.69) is 21.2 Å². The Kier molecular flexibility index (Phi) is 5.91.